The summed E-state index contributed by atoms with van der Waals surface area (Å²) in [6.45, 7) is 0.471. The molecule has 1 fully saturated rings. The minimum atomic E-state index is -1.21. The van der Waals surface area contributed by atoms with E-state index in [1.165, 1.54) is 35.7 Å². The molecule has 0 amide bonds. The number of benzene rings is 1. The molecule has 5 nitrogen and oxygen atoms in total. The Morgan fingerprint density at radius 3 is 2.28 bits per heavy atom. The third kappa shape index (κ3) is 3.16. The SMILES string of the molecule is Fc1cc(F)c(C2[CH]C(c3ncns3)NCC2c2ncns2)cc1F. The topological polar surface area (TPSA) is 63.6 Å². The fourth-order valence-electron chi connectivity index (χ4n) is 2.98. The quantitative estimate of drug-likeness (QED) is 0.705. The normalized spacial score (nSPS) is 23.7. The van der Waals surface area contributed by atoms with Gasteiger partial charge >= 0.3 is 0 Å². The fraction of sp³-hybridized carbons (Fsp3) is 0.267. The van der Waals surface area contributed by atoms with Gasteiger partial charge in [0.15, 0.2) is 11.6 Å². The lowest BCUT2D eigenvalue weighted by atomic mass is 9.78. The molecule has 1 N–H and O–H groups in total. The van der Waals surface area contributed by atoms with Gasteiger partial charge in [-0.25, -0.2) is 23.1 Å². The molecule has 129 valence electrons. The number of halogens is 3. The molecule has 0 saturated carbocycles. The molecule has 3 aromatic rings. The molecule has 2 aromatic heterocycles. The maximum atomic E-state index is 14.4. The van der Waals surface area contributed by atoms with Gasteiger partial charge in [0, 0.05) is 24.4 Å². The number of nitrogens with one attached hydrogen (secondary N) is 1. The number of hydrogen-bond acceptors (Lipinski definition) is 7. The average molecular weight is 382 g/mol. The van der Waals surface area contributed by atoms with Crippen molar-refractivity contribution in [1.29, 1.82) is 0 Å². The van der Waals surface area contributed by atoms with Crippen molar-refractivity contribution < 1.29 is 13.2 Å². The summed E-state index contributed by atoms with van der Waals surface area (Å²) in [5.41, 5.74) is 0.0927. The molecule has 1 aliphatic rings. The maximum Gasteiger partial charge on any atom is 0.161 e. The van der Waals surface area contributed by atoms with Gasteiger partial charge in [0.05, 0.1) is 6.04 Å². The summed E-state index contributed by atoms with van der Waals surface area (Å²) in [6.07, 6.45) is 4.71. The van der Waals surface area contributed by atoms with E-state index in [-0.39, 0.29) is 17.5 Å². The van der Waals surface area contributed by atoms with E-state index < -0.39 is 23.4 Å². The van der Waals surface area contributed by atoms with E-state index in [4.69, 9.17) is 0 Å². The zero-order chi connectivity index (χ0) is 17.4. The molecule has 0 spiro atoms. The maximum absolute atomic E-state index is 14.4. The molecule has 3 unspecified atom stereocenters. The first-order valence-electron chi connectivity index (χ1n) is 7.39. The minimum absolute atomic E-state index is 0.0927. The first kappa shape index (κ1) is 16.6. The van der Waals surface area contributed by atoms with Crippen molar-refractivity contribution in [3.05, 3.63) is 64.2 Å². The summed E-state index contributed by atoms with van der Waals surface area (Å²) < 4.78 is 49.4. The van der Waals surface area contributed by atoms with Crippen molar-refractivity contribution in [1.82, 2.24) is 24.0 Å². The van der Waals surface area contributed by atoms with Crippen LogP contribution in [0.5, 0.6) is 0 Å². The van der Waals surface area contributed by atoms with Crippen molar-refractivity contribution >= 4 is 23.1 Å². The first-order valence-corrected chi connectivity index (χ1v) is 8.94. The van der Waals surface area contributed by atoms with Crippen LogP contribution >= 0.6 is 23.1 Å². The van der Waals surface area contributed by atoms with Gasteiger partial charge in [-0.3, -0.25) is 0 Å². The smallest absolute Gasteiger partial charge is 0.161 e. The van der Waals surface area contributed by atoms with Gasteiger partial charge in [-0.1, -0.05) is 0 Å². The van der Waals surface area contributed by atoms with Crippen molar-refractivity contribution in [2.45, 2.75) is 17.9 Å². The van der Waals surface area contributed by atoms with Gasteiger partial charge < -0.3 is 5.32 Å². The van der Waals surface area contributed by atoms with Crippen molar-refractivity contribution in [2.75, 3.05) is 6.54 Å². The highest BCUT2D eigenvalue weighted by Crippen LogP contribution is 2.43. The molecule has 0 bridgehead atoms. The standard InChI is InChI=1S/C15H11F3N5S2/c16-10-3-12(18)11(17)1-8(10)7-2-13(15-21-6-23-25-15)19-4-9(7)14-20-5-22-24-14/h1-3,5-7,9,13,19H,4H2. The molecule has 4 rings (SSSR count). The zero-order valence-corrected chi connectivity index (χ0v) is 14.2. The highest BCUT2D eigenvalue weighted by atomic mass is 32.1. The van der Waals surface area contributed by atoms with Crippen LogP contribution in [0.3, 0.4) is 0 Å². The van der Waals surface area contributed by atoms with Crippen LogP contribution in [0.2, 0.25) is 0 Å². The Kier molecular flexibility index (Phi) is 4.48. The van der Waals surface area contributed by atoms with Crippen LogP contribution in [0, 0.1) is 23.9 Å². The van der Waals surface area contributed by atoms with E-state index >= 15 is 0 Å². The Morgan fingerprint density at radius 2 is 1.60 bits per heavy atom. The first-order chi connectivity index (χ1) is 12.1. The number of hydrogen-bond donors (Lipinski definition) is 1. The van der Waals surface area contributed by atoms with Gasteiger partial charge in [-0.2, -0.15) is 8.75 Å². The Hall–Kier alpha value is -1.91. The number of nitrogens with zero attached hydrogens (tertiary/aromatic N) is 4. The number of aromatic nitrogens is 4. The van der Waals surface area contributed by atoms with Gasteiger partial charge in [0.2, 0.25) is 0 Å². The Labute approximate surface area is 149 Å². The second-order valence-electron chi connectivity index (χ2n) is 5.56. The van der Waals surface area contributed by atoms with Crippen LogP contribution in [-0.2, 0) is 0 Å². The number of piperidine rings is 1. The lowest BCUT2D eigenvalue weighted by Gasteiger charge is -2.35. The van der Waals surface area contributed by atoms with Gasteiger partial charge in [-0.05, 0) is 41.1 Å². The molecule has 1 saturated heterocycles. The third-order valence-electron chi connectivity index (χ3n) is 4.13. The molecule has 10 heteroatoms. The second kappa shape index (κ2) is 6.77. The van der Waals surface area contributed by atoms with Crippen molar-refractivity contribution in [2.24, 2.45) is 0 Å². The molecule has 1 aromatic carbocycles. The predicted octanol–water partition coefficient (Wildman–Crippen LogP) is 3.22. The van der Waals surface area contributed by atoms with Crippen LogP contribution in [0.4, 0.5) is 13.2 Å². The van der Waals surface area contributed by atoms with Crippen molar-refractivity contribution in [3.8, 4) is 0 Å². The largest absolute Gasteiger partial charge is 0.307 e. The van der Waals surface area contributed by atoms with E-state index in [0.717, 1.165) is 11.1 Å². The molecule has 1 aliphatic heterocycles. The summed E-state index contributed by atoms with van der Waals surface area (Å²) in [5.74, 6) is -3.81. The monoisotopic (exact) mass is 382 g/mol. The van der Waals surface area contributed by atoms with Crippen molar-refractivity contribution in [3.63, 3.8) is 0 Å². The van der Waals surface area contributed by atoms with Gasteiger partial charge in [0.25, 0.3) is 0 Å². The highest BCUT2D eigenvalue weighted by molar-refractivity contribution is 7.05. The van der Waals surface area contributed by atoms with Crippen LogP contribution in [0.25, 0.3) is 0 Å². The molecule has 3 heterocycles. The molecule has 0 aliphatic carbocycles. The zero-order valence-electron chi connectivity index (χ0n) is 12.6. The molecular weight excluding hydrogens is 371 g/mol. The summed E-state index contributed by atoms with van der Waals surface area (Å²) in [7, 11) is 0. The summed E-state index contributed by atoms with van der Waals surface area (Å²) >= 11 is 2.43. The van der Waals surface area contributed by atoms with E-state index in [1.807, 2.05) is 6.42 Å². The van der Waals surface area contributed by atoms with Gasteiger partial charge in [0.1, 0.15) is 28.5 Å². The average Bonchev–Trinajstić information content (AvgIpc) is 3.31. The van der Waals surface area contributed by atoms with Crippen LogP contribution in [0.1, 0.15) is 33.5 Å². The Bertz CT molecular complexity index is 856. The second-order valence-corrected chi connectivity index (χ2v) is 7.18. The van der Waals surface area contributed by atoms with E-state index in [9.17, 15) is 13.2 Å². The third-order valence-corrected chi connectivity index (χ3v) is 5.67. The number of rotatable bonds is 3. The lowest BCUT2D eigenvalue weighted by molar-refractivity contribution is 0.396. The van der Waals surface area contributed by atoms with Crippen LogP contribution in [-0.4, -0.2) is 25.3 Å². The highest BCUT2D eigenvalue weighted by Gasteiger charge is 2.37. The molecule has 3 atom stereocenters. The molecule has 25 heavy (non-hydrogen) atoms. The summed E-state index contributed by atoms with van der Waals surface area (Å²) in [6, 6.07) is 1.24. The van der Waals surface area contributed by atoms with Crippen LogP contribution < -0.4 is 5.32 Å². The van der Waals surface area contributed by atoms with E-state index in [2.05, 4.69) is 24.0 Å². The summed E-state index contributed by atoms with van der Waals surface area (Å²) in [5, 5.41) is 4.73. The Morgan fingerprint density at radius 1 is 0.920 bits per heavy atom. The van der Waals surface area contributed by atoms with E-state index in [1.54, 1.807) is 0 Å². The minimum Gasteiger partial charge on any atom is -0.307 e. The molecular formula is C15H11F3N5S2. The predicted molar refractivity (Wildman–Crippen MR) is 86.7 cm³/mol. The Balaban J connectivity index is 1.74. The lowest BCUT2D eigenvalue weighted by Crippen LogP contribution is -2.37. The molecule has 1 radical (unpaired) electrons. The summed E-state index contributed by atoms with van der Waals surface area (Å²) in [4.78, 5) is 8.38. The fourth-order valence-corrected chi connectivity index (χ4v) is 4.21. The van der Waals surface area contributed by atoms with Crippen LogP contribution in [0.15, 0.2) is 24.8 Å². The van der Waals surface area contributed by atoms with Gasteiger partial charge in [-0.15, -0.1) is 0 Å². The van der Waals surface area contributed by atoms with E-state index in [0.29, 0.717) is 17.6 Å².